The molecule has 0 radical (unpaired) electrons. The summed E-state index contributed by atoms with van der Waals surface area (Å²) in [6.45, 7) is 5.13. The second-order valence-corrected chi connectivity index (χ2v) is 8.59. The van der Waals surface area contributed by atoms with Gasteiger partial charge in [0.05, 0.1) is 29.8 Å². The Labute approximate surface area is 200 Å². The van der Waals surface area contributed by atoms with Gasteiger partial charge in [0.15, 0.2) is 0 Å². The van der Waals surface area contributed by atoms with Gasteiger partial charge in [-0.2, -0.15) is 13.2 Å². The second kappa shape index (κ2) is 9.58. The number of anilines is 1. The molecule has 0 saturated carbocycles. The Kier molecular flexibility index (Phi) is 6.34. The van der Waals surface area contributed by atoms with E-state index in [9.17, 15) is 13.2 Å². The minimum absolute atomic E-state index is 0.102. The number of rotatable bonds is 8. The Balaban J connectivity index is 1.23. The molecule has 5 rings (SSSR count). The van der Waals surface area contributed by atoms with Gasteiger partial charge in [-0.1, -0.05) is 18.2 Å². The Morgan fingerprint density at radius 2 is 1.83 bits per heavy atom. The number of alkyl halides is 3. The van der Waals surface area contributed by atoms with Crippen molar-refractivity contribution >= 4 is 17.0 Å². The molecule has 0 amide bonds. The molecule has 0 spiro atoms. The van der Waals surface area contributed by atoms with Crippen molar-refractivity contribution in [1.82, 2.24) is 14.5 Å². The lowest BCUT2D eigenvalue weighted by Gasteiger charge is -2.25. The molecule has 0 unspecified atom stereocenters. The normalized spacial score (nSPS) is 14.2. The molecule has 0 bridgehead atoms. The van der Waals surface area contributed by atoms with Gasteiger partial charge in [0.1, 0.15) is 5.75 Å². The van der Waals surface area contributed by atoms with Crippen LogP contribution in [0.25, 0.3) is 11.0 Å². The minimum Gasteiger partial charge on any atom is -0.439 e. The zero-order valence-corrected chi connectivity index (χ0v) is 19.2. The van der Waals surface area contributed by atoms with Crippen molar-refractivity contribution in [3.8, 4) is 11.6 Å². The standard InChI is InChI=1S/C26H25F3N4O2/c1-2-33-23-12-18(11-19-15-34-16-19)5-9-22(23)32-25(33)31-13-17-3-7-21(8-4-17)35-24-10-6-20(14-30-24)26(27,28)29/h3-10,12,14,19H,2,11,13,15-16H2,1H3,(H,31,32). The summed E-state index contributed by atoms with van der Waals surface area (Å²) in [6, 6.07) is 15.9. The lowest BCUT2D eigenvalue weighted by atomic mass is 9.98. The first-order valence-electron chi connectivity index (χ1n) is 11.5. The molecule has 0 atom stereocenters. The first-order valence-corrected chi connectivity index (χ1v) is 11.5. The van der Waals surface area contributed by atoms with Crippen LogP contribution >= 0.6 is 0 Å². The smallest absolute Gasteiger partial charge is 0.417 e. The number of hydrogen-bond donors (Lipinski definition) is 1. The molecular weight excluding hydrogens is 457 g/mol. The number of nitrogens with zero attached hydrogens (tertiary/aromatic N) is 3. The summed E-state index contributed by atoms with van der Waals surface area (Å²) in [4.78, 5) is 8.50. The molecule has 1 fully saturated rings. The minimum atomic E-state index is -4.42. The average Bonchev–Trinajstić information content (AvgIpc) is 3.17. The predicted octanol–water partition coefficient (Wildman–Crippen LogP) is 6.06. The SMILES string of the molecule is CCn1c(NCc2ccc(Oc3ccc(C(F)(F)F)cn3)cc2)nc2ccc(CC3COC3)cc21. The van der Waals surface area contributed by atoms with Gasteiger partial charge in [-0.3, -0.25) is 0 Å². The molecule has 1 aliphatic rings. The van der Waals surface area contributed by atoms with Crippen LogP contribution < -0.4 is 10.1 Å². The Morgan fingerprint density at radius 3 is 2.46 bits per heavy atom. The third kappa shape index (κ3) is 5.24. The fourth-order valence-electron chi connectivity index (χ4n) is 4.07. The summed E-state index contributed by atoms with van der Waals surface area (Å²) in [5, 5.41) is 3.41. The monoisotopic (exact) mass is 482 g/mol. The third-order valence-electron chi connectivity index (χ3n) is 6.02. The van der Waals surface area contributed by atoms with Crippen molar-refractivity contribution in [2.24, 2.45) is 5.92 Å². The maximum Gasteiger partial charge on any atom is 0.417 e. The highest BCUT2D eigenvalue weighted by molar-refractivity contribution is 5.79. The summed E-state index contributed by atoms with van der Waals surface area (Å²) in [5.74, 6) is 2.00. The second-order valence-electron chi connectivity index (χ2n) is 8.59. The van der Waals surface area contributed by atoms with Crippen LogP contribution in [0.4, 0.5) is 19.1 Å². The van der Waals surface area contributed by atoms with Gasteiger partial charge in [-0.05, 0) is 54.8 Å². The van der Waals surface area contributed by atoms with Gasteiger partial charge in [0, 0.05) is 31.3 Å². The number of imidazole rings is 1. The molecule has 9 heteroatoms. The molecule has 1 saturated heterocycles. The number of aryl methyl sites for hydroxylation is 1. The van der Waals surface area contributed by atoms with Gasteiger partial charge in [0.25, 0.3) is 0 Å². The van der Waals surface area contributed by atoms with Gasteiger partial charge < -0.3 is 19.4 Å². The summed E-state index contributed by atoms with van der Waals surface area (Å²) in [7, 11) is 0. The fraction of sp³-hybridized carbons (Fsp3) is 0.308. The van der Waals surface area contributed by atoms with E-state index in [4.69, 9.17) is 14.5 Å². The summed E-state index contributed by atoms with van der Waals surface area (Å²) >= 11 is 0. The molecule has 6 nitrogen and oxygen atoms in total. The number of aromatic nitrogens is 3. The largest absolute Gasteiger partial charge is 0.439 e. The Hall–Kier alpha value is -3.59. The molecule has 2 aromatic heterocycles. The number of nitrogens with one attached hydrogen (secondary N) is 1. The van der Waals surface area contributed by atoms with Crippen molar-refractivity contribution in [3.05, 3.63) is 77.5 Å². The summed E-state index contributed by atoms with van der Waals surface area (Å²) < 4.78 is 51.1. The van der Waals surface area contributed by atoms with Crippen molar-refractivity contribution in [2.45, 2.75) is 32.6 Å². The van der Waals surface area contributed by atoms with Gasteiger partial charge in [-0.15, -0.1) is 0 Å². The third-order valence-corrected chi connectivity index (χ3v) is 6.02. The quantitative estimate of drug-likeness (QED) is 0.331. The fourth-order valence-corrected chi connectivity index (χ4v) is 4.07. The lowest BCUT2D eigenvalue weighted by Crippen LogP contribution is -2.29. The maximum atomic E-state index is 12.7. The van der Waals surface area contributed by atoms with Crippen LogP contribution in [-0.2, 0) is 30.4 Å². The zero-order chi connectivity index (χ0) is 24.4. The highest BCUT2D eigenvalue weighted by atomic mass is 19.4. The molecule has 1 aliphatic heterocycles. The van der Waals surface area contributed by atoms with E-state index in [0.717, 1.165) is 61.0 Å². The number of fused-ring (bicyclic) bond motifs is 1. The summed E-state index contributed by atoms with van der Waals surface area (Å²) in [5.41, 5.74) is 3.56. The molecule has 0 aliphatic carbocycles. The molecule has 1 N–H and O–H groups in total. The van der Waals surface area contributed by atoms with E-state index in [2.05, 4.69) is 40.0 Å². The highest BCUT2D eigenvalue weighted by Gasteiger charge is 2.30. The molecule has 4 aromatic rings. The molecule has 182 valence electrons. The Morgan fingerprint density at radius 1 is 1.06 bits per heavy atom. The van der Waals surface area contributed by atoms with Crippen LogP contribution in [0.15, 0.2) is 60.8 Å². The number of benzene rings is 2. The van der Waals surface area contributed by atoms with Crippen molar-refractivity contribution in [3.63, 3.8) is 0 Å². The first kappa shape index (κ1) is 23.2. The van der Waals surface area contributed by atoms with E-state index in [-0.39, 0.29) is 5.88 Å². The topological polar surface area (TPSA) is 61.2 Å². The zero-order valence-electron chi connectivity index (χ0n) is 19.2. The van der Waals surface area contributed by atoms with E-state index in [0.29, 0.717) is 18.2 Å². The number of pyridine rings is 1. The molecule has 3 heterocycles. The lowest BCUT2D eigenvalue weighted by molar-refractivity contribution is -0.137. The van der Waals surface area contributed by atoms with Gasteiger partial charge >= 0.3 is 6.18 Å². The molecule has 35 heavy (non-hydrogen) atoms. The number of halogens is 3. The molecular formula is C26H25F3N4O2. The van der Waals surface area contributed by atoms with Crippen LogP contribution in [-0.4, -0.2) is 27.7 Å². The maximum absolute atomic E-state index is 12.7. The van der Waals surface area contributed by atoms with E-state index in [1.165, 1.54) is 11.6 Å². The van der Waals surface area contributed by atoms with E-state index >= 15 is 0 Å². The number of ether oxygens (including phenoxy) is 2. The van der Waals surface area contributed by atoms with Crippen LogP contribution in [0.5, 0.6) is 11.6 Å². The van der Waals surface area contributed by atoms with Crippen molar-refractivity contribution < 1.29 is 22.6 Å². The van der Waals surface area contributed by atoms with Crippen LogP contribution in [0.1, 0.15) is 23.6 Å². The first-order chi connectivity index (χ1) is 16.9. The van der Waals surface area contributed by atoms with Crippen molar-refractivity contribution in [1.29, 1.82) is 0 Å². The average molecular weight is 483 g/mol. The van der Waals surface area contributed by atoms with Crippen LogP contribution in [0, 0.1) is 5.92 Å². The van der Waals surface area contributed by atoms with Crippen molar-refractivity contribution in [2.75, 3.05) is 18.5 Å². The van der Waals surface area contributed by atoms with E-state index < -0.39 is 11.7 Å². The van der Waals surface area contributed by atoms with Crippen LogP contribution in [0.2, 0.25) is 0 Å². The van der Waals surface area contributed by atoms with Gasteiger partial charge in [-0.25, -0.2) is 9.97 Å². The summed E-state index contributed by atoms with van der Waals surface area (Å²) in [6.07, 6.45) is -2.64. The Bertz CT molecular complexity index is 1300. The highest BCUT2D eigenvalue weighted by Crippen LogP contribution is 2.30. The van der Waals surface area contributed by atoms with Gasteiger partial charge in [0.2, 0.25) is 11.8 Å². The predicted molar refractivity (Wildman–Crippen MR) is 127 cm³/mol. The van der Waals surface area contributed by atoms with E-state index in [1.54, 1.807) is 12.1 Å². The molecule has 2 aromatic carbocycles. The van der Waals surface area contributed by atoms with Crippen LogP contribution in [0.3, 0.4) is 0 Å². The number of hydrogen-bond acceptors (Lipinski definition) is 5. The van der Waals surface area contributed by atoms with E-state index in [1.807, 2.05) is 12.1 Å².